The third kappa shape index (κ3) is 9.22. The van der Waals surface area contributed by atoms with Gasteiger partial charge in [-0.3, -0.25) is 24.0 Å². The molecular weight excluding hydrogens is 727 g/mol. The van der Waals surface area contributed by atoms with Crippen LogP contribution in [0.15, 0.2) is 95.9 Å². The molecule has 1 aliphatic rings. The highest BCUT2D eigenvalue weighted by Crippen LogP contribution is 2.36. The van der Waals surface area contributed by atoms with Gasteiger partial charge < -0.3 is 15.0 Å². The van der Waals surface area contributed by atoms with Gasteiger partial charge in [0.15, 0.2) is 0 Å². The summed E-state index contributed by atoms with van der Waals surface area (Å²) in [6.45, 7) is 0.561. The molecule has 274 valence electrons. The van der Waals surface area contributed by atoms with E-state index in [1.165, 1.54) is 49.3 Å². The van der Waals surface area contributed by atoms with Crippen LogP contribution < -0.4 is 14.4 Å². The van der Waals surface area contributed by atoms with E-state index in [0.29, 0.717) is 10.6 Å². The Hall–Kier alpha value is -4.65. The molecule has 4 aromatic rings. The van der Waals surface area contributed by atoms with Crippen molar-refractivity contribution in [2.45, 2.75) is 69.0 Å². The van der Waals surface area contributed by atoms with Crippen LogP contribution in [0.2, 0.25) is 10.0 Å². The van der Waals surface area contributed by atoms with E-state index in [4.69, 9.17) is 27.9 Å². The van der Waals surface area contributed by atoms with Crippen molar-refractivity contribution < 1.29 is 27.7 Å². The summed E-state index contributed by atoms with van der Waals surface area (Å²) in [6, 6.07) is 22.8. The molecule has 0 bridgehead atoms. The van der Waals surface area contributed by atoms with Gasteiger partial charge in [-0.25, -0.2) is 8.42 Å². The van der Waals surface area contributed by atoms with Crippen LogP contribution in [0.3, 0.4) is 0 Å². The Morgan fingerprint density at radius 3 is 2.33 bits per heavy atom. The molecule has 1 aliphatic carbocycles. The number of nitrogens with zero attached hydrogens (tertiary/aromatic N) is 3. The molecule has 5 rings (SSSR count). The van der Waals surface area contributed by atoms with E-state index in [0.717, 1.165) is 48.0 Å². The minimum absolute atomic E-state index is 0.0679. The number of amides is 2. The molecule has 14 heteroatoms. The first kappa shape index (κ1) is 38.6. The average Bonchev–Trinajstić information content (AvgIpc) is 3.13. The third-order valence-electron chi connectivity index (χ3n) is 9.17. The maximum atomic E-state index is 14.9. The minimum atomic E-state index is -4.70. The van der Waals surface area contributed by atoms with E-state index >= 15 is 0 Å². The van der Waals surface area contributed by atoms with Gasteiger partial charge in [-0.15, -0.1) is 0 Å². The lowest BCUT2D eigenvalue weighted by Gasteiger charge is -2.35. The Labute approximate surface area is 313 Å². The molecule has 0 spiro atoms. The average molecular weight is 768 g/mol. The Balaban J connectivity index is 1.64. The van der Waals surface area contributed by atoms with Crippen LogP contribution in [0.5, 0.6) is 5.75 Å². The molecule has 0 saturated heterocycles. The maximum Gasteiger partial charge on any atom is 0.273 e. The van der Waals surface area contributed by atoms with Crippen LogP contribution in [0.4, 0.5) is 11.4 Å². The molecule has 1 atom stereocenters. The van der Waals surface area contributed by atoms with Crippen LogP contribution >= 0.6 is 23.2 Å². The fourth-order valence-electron chi connectivity index (χ4n) is 6.35. The normalized spacial score (nSPS) is 13.9. The molecule has 2 amide bonds. The molecular formula is C38H40Cl2N4O7S. The van der Waals surface area contributed by atoms with Crippen molar-refractivity contribution in [1.29, 1.82) is 0 Å². The Morgan fingerprint density at radius 2 is 1.65 bits per heavy atom. The number of methoxy groups -OCH3 is 1. The van der Waals surface area contributed by atoms with Crippen molar-refractivity contribution in [3.8, 4) is 5.75 Å². The number of aryl methyl sites for hydroxylation is 1. The molecule has 1 unspecified atom stereocenters. The highest BCUT2D eigenvalue weighted by atomic mass is 35.5. The van der Waals surface area contributed by atoms with E-state index in [-0.39, 0.29) is 46.9 Å². The molecule has 4 aromatic carbocycles. The zero-order valence-electron chi connectivity index (χ0n) is 28.8. The highest BCUT2D eigenvalue weighted by molar-refractivity contribution is 7.92. The Kier molecular flexibility index (Phi) is 12.8. The standard InChI is InChI=1S/C38H40Cl2N4O7S/c1-26-17-19-31(23-33(26)44(47)48)52(49,50)43(34-22-29(39)18-20-36(34)51-2)25-37(45)42(24-28-13-9-10-16-32(28)40)35(21-27-11-5-3-6-12-27)38(46)41-30-14-7-4-8-15-30/h3,5-6,9-13,16-20,22-23,30,35H,4,7-8,14-15,21,24-25H2,1-2H3,(H,41,46). The van der Waals surface area contributed by atoms with E-state index in [2.05, 4.69) is 5.32 Å². The fraction of sp³-hybridized carbons (Fsp3) is 0.316. The number of rotatable bonds is 14. The van der Waals surface area contributed by atoms with Crippen LogP contribution in [-0.2, 0) is 32.6 Å². The van der Waals surface area contributed by atoms with Crippen molar-refractivity contribution in [2.75, 3.05) is 18.0 Å². The number of anilines is 1. The lowest BCUT2D eigenvalue weighted by atomic mass is 9.94. The van der Waals surface area contributed by atoms with E-state index in [1.807, 2.05) is 30.3 Å². The second-order valence-electron chi connectivity index (χ2n) is 12.7. The molecule has 11 nitrogen and oxygen atoms in total. The predicted molar refractivity (Wildman–Crippen MR) is 201 cm³/mol. The van der Waals surface area contributed by atoms with Gasteiger partial charge in [0.05, 0.1) is 22.6 Å². The molecule has 0 aliphatic heterocycles. The van der Waals surface area contributed by atoms with Crippen molar-refractivity contribution >= 4 is 56.4 Å². The summed E-state index contributed by atoms with van der Waals surface area (Å²) in [5, 5.41) is 15.5. The first-order valence-electron chi connectivity index (χ1n) is 16.9. The zero-order valence-corrected chi connectivity index (χ0v) is 31.2. The Morgan fingerprint density at radius 1 is 0.962 bits per heavy atom. The van der Waals surface area contributed by atoms with Gasteiger partial charge in [-0.2, -0.15) is 0 Å². The number of carbonyl (C=O) groups excluding carboxylic acids is 2. The van der Waals surface area contributed by atoms with Gasteiger partial charge in [-0.1, -0.05) is 97.1 Å². The number of carbonyl (C=O) groups is 2. The van der Waals surface area contributed by atoms with E-state index in [9.17, 15) is 28.1 Å². The second-order valence-corrected chi connectivity index (χ2v) is 15.4. The third-order valence-corrected chi connectivity index (χ3v) is 11.5. The van der Waals surface area contributed by atoms with Crippen molar-refractivity contribution in [3.05, 3.63) is 128 Å². The largest absolute Gasteiger partial charge is 0.495 e. The summed E-state index contributed by atoms with van der Waals surface area (Å²) in [5.41, 5.74) is 1.11. The number of halogens is 2. The topological polar surface area (TPSA) is 139 Å². The van der Waals surface area contributed by atoms with Crippen molar-refractivity contribution in [2.24, 2.45) is 0 Å². The number of nitrogens with one attached hydrogen (secondary N) is 1. The summed E-state index contributed by atoms with van der Waals surface area (Å²) in [7, 11) is -3.36. The molecule has 0 radical (unpaired) electrons. The quantitative estimate of drug-likeness (QED) is 0.104. The first-order valence-corrected chi connectivity index (χ1v) is 19.1. The SMILES string of the molecule is COc1ccc(Cl)cc1N(CC(=O)N(Cc1ccccc1Cl)C(Cc1ccccc1)C(=O)NC1CCCCC1)S(=O)(=O)c1ccc(C)c([N+](=O)[O-])c1. The highest BCUT2D eigenvalue weighted by Gasteiger charge is 2.37. The number of sulfonamides is 1. The van der Waals surface area contributed by atoms with Crippen LogP contribution in [0.25, 0.3) is 0 Å². The van der Waals surface area contributed by atoms with Crippen LogP contribution in [-0.4, -0.2) is 55.8 Å². The Bertz CT molecular complexity index is 2030. The smallest absolute Gasteiger partial charge is 0.273 e. The summed E-state index contributed by atoms with van der Waals surface area (Å²) in [6.07, 6.45) is 4.78. The molecule has 0 aromatic heterocycles. The number of nitro groups is 1. The van der Waals surface area contributed by atoms with Gasteiger partial charge in [0, 0.05) is 40.7 Å². The van der Waals surface area contributed by atoms with Gasteiger partial charge in [-0.05, 0) is 61.2 Å². The van der Waals surface area contributed by atoms with Crippen LogP contribution in [0, 0.1) is 17.0 Å². The summed E-state index contributed by atoms with van der Waals surface area (Å²) < 4.78 is 35.4. The molecule has 52 heavy (non-hydrogen) atoms. The van der Waals surface area contributed by atoms with Gasteiger partial charge >= 0.3 is 0 Å². The molecule has 1 fully saturated rings. The number of nitro benzene ring substituents is 1. The molecule has 1 saturated carbocycles. The summed E-state index contributed by atoms with van der Waals surface area (Å²) in [4.78, 5) is 41.3. The van der Waals surface area contributed by atoms with Gasteiger partial charge in [0.1, 0.15) is 18.3 Å². The first-order chi connectivity index (χ1) is 24.9. The number of benzene rings is 4. The minimum Gasteiger partial charge on any atom is -0.495 e. The summed E-state index contributed by atoms with van der Waals surface area (Å²) >= 11 is 13.0. The zero-order chi connectivity index (χ0) is 37.4. The maximum absolute atomic E-state index is 14.9. The van der Waals surface area contributed by atoms with Gasteiger partial charge in [0.2, 0.25) is 11.8 Å². The van der Waals surface area contributed by atoms with Gasteiger partial charge in [0.25, 0.3) is 15.7 Å². The monoisotopic (exact) mass is 766 g/mol. The summed E-state index contributed by atoms with van der Waals surface area (Å²) in [5.74, 6) is -1.03. The predicted octanol–water partition coefficient (Wildman–Crippen LogP) is 7.50. The van der Waals surface area contributed by atoms with Crippen molar-refractivity contribution in [3.63, 3.8) is 0 Å². The lowest BCUT2D eigenvalue weighted by molar-refractivity contribution is -0.385. The molecule has 0 heterocycles. The second kappa shape index (κ2) is 17.2. The van der Waals surface area contributed by atoms with Crippen molar-refractivity contribution in [1.82, 2.24) is 10.2 Å². The number of hydrogen-bond acceptors (Lipinski definition) is 7. The fourth-order valence-corrected chi connectivity index (χ4v) is 8.15. The number of hydrogen-bond donors (Lipinski definition) is 1. The lowest BCUT2D eigenvalue weighted by Crippen LogP contribution is -2.55. The van der Waals surface area contributed by atoms with Crippen LogP contribution in [0.1, 0.15) is 48.8 Å². The number of ether oxygens (including phenoxy) is 1. The molecule has 1 N–H and O–H groups in total. The van der Waals surface area contributed by atoms with E-state index < -0.39 is 44.0 Å². The van der Waals surface area contributed by atoms with E-state index in [1.54, 1.807) is 24.3 Å².